The van der Waals surface area contributed by atoms with E-state index in [1.807, 2.05) is 42.5 Å². The van der Waals surface area contributed by atoms with Crippen molar-refractivity contribution >= 4 is 34.0 Å². The fourth-order valence-electron chi connectivity index (χ4n) is 5.83. The molecule has 1 amide bonds. The van der Waals surface area contributed by atoms with Gasteiger partial charge >= 0.3 is 5.97 Å². The van der Waals surface area contributed by atoms with Crippen LogP contribution in [0, 0.1) is 11.3 Å². The Kier molecular flexibility index (Phi) is 7.79. The summed E-state index contributed by atoms with van der Waals surface area (Å²) in [5, 5.41) is 24.2. The van der Waals surface area contributed by atoms with Crippen molar-refractivity contribution in [1.29, 1.82) is 0 Å². The summed E-state index contributed by atoms with van der Waals surface area (Å²) in [4.78, 5) is 28.3. The predicted molar refractivity (Wildman–Crippen MR) is 144 cm³/mol. The van der Waals surface area contributed by atoms with Crippen LogP contribution in [0.15, 0.2) is 48.7 Å². The maximum atomic E-state index is 12.7. The number of carboxylic acids is 1. The molecule has 9 heteroatoms. The number of aliphatic carboxylic acids is 1. The van der Waals surface area contributed by atoms with Crippen LogP contribution in [-0.4, -0.2) is 32.2 Å². The Morgan fingerprint density at radius 2 is 1.70 bits per heavy atom. The first-order valence-electron chi connectivity index (χ1n) is 13.1. The van der Waals surface area contributed by atoms with Crippen molar-refractivity contribution in [3.05, 3.63) is 64.9 Å². The van der Waals surface area contributed by atoms with Gasteiger partial charge in [0.15, 0.2) is 0 Å². The molecule has 0 atom stereocenters. The van der Waals surface area contributed by atoms with Crippen LogP contribution in [0.5, 0.6) is 0 Å². The quantitative estimate of drug-likeness (QED) is 0.329. The van der Waals surface area contributed by atoms with Gasteiger partial charge in [0.25, 0.3) is 5.91 Å². The second-order valence-electron chi connectivity index (χ2n) is 10.5. The maximum absolute atomic E-state index is 12.7. The number of benzene rings is 1. The molecular formula is C28H33N5O3S. The Morgan fingerprint density at radius 1 is 0.973 bits per heavy atom. The van der Waals surface area contributed by atoms with E-state index in [1.54, 1.807) is 6.20 Å². The minimum absolute atomic E-state index is 0.294. The standard InChI is InChI=1S/C28H33N5O3S/c34-24(35)16-19-8-12-28(13-9-19)14-10-21(11-15-28)23-7-6-22(18-29-23)31-25(36)26-32-33-27(37-26)30-17-20-4-2-1-3-5-20/h1-7,18-19,21H,8-17H2,(H,30,33)(H,31,36)(H,34,35). The van der Waals surface area contributed by atoms with Crippen LogP contribution in [0.2, 0.25) is 0 Å². The number of carbonyl (C=O) groups is 2. The van der Waals surface area contributed by atoms with Crippen LogP contribution in [0.25, 0.3) is 0 Å². The summed E-state index contributed by atoms with van der Waals surface area (Å²) in [6.45, 7) is 0.621. The number of anilines is 2. The summed E-state index contributed by atoms with van der Waals surface area (Å²) in [5.41, 5.74) is 3.25. The lowest BCUT2D eigenvalue weighted by atomic mass is 9.61. The Morgan fingerprint density at radius 3 is 2.38 bits per heavy atom. The SMILES string of the molecule is O=C(O)CC1CCC2(CC1)CCC(c1ccc(NC(=O)c3nnc(NCc4ccccc4)s3)cn1)CC2. The van der Waals surface area contributed by atoms with Crippen molar-refractivity contribution in [1.82, 2.24) is 15.2 Å². The largest absolute Gasteiger partial charge is 0.481 e. The van der Waals surface area contributed by atoms with Crippen LogP contribution >= 0.6 is 11.3 Å². The molecular weight excluding hydrogens is 486 g/mol. The van der Waals surface area contributed by atoms with Gasteiger partial charge in [0.2, 0.25) is 10.1 Å². The van der Waals surface area contributed by atoms with Crippen molar-refractivity contribution in [2.24, 2.45) is 11.3 Å². The molecule has 0 unspecified atom stereocenters. The third-order valence-corrected chi connectivity index (χ3v) is 8.92. The second kappa shape index (κ2) is 11.4. The highest BCUT2D eigenvalue weighted by atomic mass is 32.1. The highest BCUT2D eigenvalue weighted by Gasteiger charge is 2.39. The summed E-state index contributed by atoms with van der Waals surface area (Å²) in [5.74, 6) is -0.173. The summed E-state index contributed by atoms with van der Waals surface area (Å²) in [6, 6.07) is 13.9. The number of aromatic nitrogens is 3. The Balaban J connectivity index is 1.09. The molecule has 37 heavy (non-hydrogen) atoms. The Bertz CT molecular complexity index is 1200. The fraction of sp³-hybridized carbons (Fsp3) is 0.464. The normalized spacial score (nSPS) is 23.5. The lowest BCUT2D eigenvalue weighted by molar-refractivity contribution is -0.138. The average Bonchev–Trinajstić information content (AvgIpc) is 3.40. The van der Waals surface area contributed by atoms with E-state index < -0.39 is 5.97 Å². The van der Waals surface area contributed by atoms with Crippen molar-refractivity contribution in [3.8, 4) is 0 Å². The molecule has 1 spiro atoms. The number of hydrogen-bond donors (Lipinski definition) is 3. The number of nitrogens with zero attached hydrogens (tertiary/aromatic N) is 3. The van der Waals surface area contributed by atoms with E-state index in [9.17, 15) is 9.59 Å². The van der Waals surface area contributed by atoms with Gasteiger partial charge in [0.05, 0.1) is 11.9 Å². The fourth-order valence-corrected chi connectivity index (χ4v) is 6.47. The highest BCUT2D eigenvalue weighted by molar-refractivity contribution is 7.17. The van der Waals surface area contributed by atoms with Gasteiger partial charge in [-0.1, -0.05) is 41.7 Å². The van der Waals surface area contributed by atoms with E-state index in [4.69, 9.17) is 5.11 Å². The predicted octanol–water partition coefficient (Wildman–Crippen LogP) is 6.11. The molecule has 0 saturated heterocycles. The Hall–Kier alpha value is -3.33. The molecule has 0 radical (unpaired) electrons. The van der Waals surface area contributed by atoms with Gasteiger partial charge < -0.3 is 15.7 Å². The summed E-state index contributed by atoms with van der Waals surface area (Å²) in [6.07, 6.45) is 11.1. The van der Waals surface area contributed by atoms with Crippen molar-refractivity contribution < 1.29 is 14.7 Å². The number of pyridine rings is 1. The minimum Gasteiger partial charge on any atom is -0.481 e. The molecule has 0 bridgehead atoms. The van der Waals surface area contributed by atoms with Crippen molar-refractivity contribution in [2.75, 3.05) is 10.6 Å². The molecule has 0 aliphatic heterocycles. The molecule has 2 aliphatic rings. The molecule has 194 valence electrons. The van der Waals surface area contributed by atoms with Crippen LogP contribution in [0.4, 0.5) is 10.8 Å². The van der Waals surface area contributed by atoms with Gasteiger partial charge in [-0.05, 0) is 80.4 Å². The zero-order chi connectivity index (χ0) is 25.7. The molecule has 2 aromatic heterocycles. The number of rotatable bonds is 8. The minimum atomic E-state index is -0.667. The zero-order valence-electron chi connectivity index (χ0n) is 20.9. The second-order valence-corrected chi connectivity index (χ2v) is 11.5. The molecule has 2 aliphatic carbocycles. The van der Waals surface area contributed by atoms with E-state index in [2.05, 4.69) is 25.8 Å². The van der Waals surface area contributed by atoms with Crippen molar-refractivity contribution in [2.45, 2.75) is 70.3 Å². The van der Waals surface area contributed by atoms with Gasteiger partial charge in [0, 0.05) is 24.6 Å². The maximum Gasteiger partial charge on any atom is 0.303 e. The van der Waals surface area contributed by atoms with Crippen LogP contribution in [-0.2, 0) is 11.3 Å². The van der Waals surface area contributed by atoms with Gasteiger partial charge in [-0.2, -0.15) is 0 Å². The topological polar surface area (TPSA) is 117 Å². The number of nitrogens with one attached hydrogen (secondary N) is 2. The van der Waals surface area contributed by atoms with Crippen LogP contribution < -0.4 is 10.6 Å². The molecule has 1 aromatic carbocycles. The molecule has 2 saturated carbocycles. The third-order valence-electron chi connectivity index (χ3n) is 8.04. The number of carboxylic acid groups (broad SMARTS) is 1. The van der Waals surface area contributed by atoms with Gasteiger partial charge in [0.1, 0.15) is 0 Å². The van der Waals surface area contributed by atoms with Gasteiger partial charge in [-0.3, -0.25) is 14.6 Å². The van der Waals surface area contributed by atoms with Crippen LogP contribution in [0.1, 0.15) is 84.8 Å². The summed E-state index contributed by atoms with van der Waals surface area (Å²) >= 11 is 1.22. The lowest BCUT2D eigenvalue weighted by Crippen LogP contribution is -2.32. The van der Waals surface area contributed by atoms with E-state index in [1.165, 1.54) is 24.2 Å². The monoisotopic (exact) mass is 519 g/mol. The van der Waals surface area contributed by atoms with E-state index in [-0.39, 0.29) is 5.91 Å². The van der Waals surface area contributed by atoms with E-state index in [0.717, 1.165) is 49.8 Å². The van der Waals surface area contributed by atoms with E-state index >= 15 is 0 Å². The smallest absolute Gasteiger partial charge is 0.303 e. The summed E-state index contributed by atoms with van der Waals surface area (Å²) < 4.78 is 0. The highest BCUT2D eigenvalue weighted by Crippen LogP contribution is 2.52. The van der Waals surface area contributed by atoms with E-state index in [0.29, 0.717) is 46.0 Å². The number of hydrogen-bond acceptors (Lipinski definition) is 7. The van der Waals surface area contributed by atoms with Gasteiger partial charge in [-0.25, -0.2) is 0 Å². The number of carbonyl (C=O) groups excluding carboxylic acids is 1. The van der Waals surface area contributed by atoms with Gasteiger partial charge in [-0.15, -0.1) is 10.2 Å². The first kappa shape index (κ1) is 25.3. The zero-order valence-corrected chi connectivity index (χ0v) is 21.7. The Labute approximate surface area is 220 Å². The first-order valence-corrected chi connectivity index (χ1v) is 13.9. The molecule has 2 fully saturated rings. The first-order chi connectivity index (χ1) is 18.0. The molecule has 3 aromatic rings. The lowest BCUT2D eigenvalue weighted by Gasteiger charge is -2.44. The van der Waals surface area contributed by atoms with Crippen molar-refractivity contribution in [3.63, 3.8) is 0 Å². The molecule has 3 N–H and O–H groups in total. The molecule has 2 heterocycles. The number of amides is 1. The summed E-state index contributed by atoms with van der Waals surface area (Å²) in [7, 11) is 0. The molecule has 8 nitrogen and oxygen atoms in total. The third kappa shape index (κ3) is 6.52. The molecule has 5 rings (SSSR count). The average molecular weight is 520 g/mol. The van der Waals surface area contributed by atoms with Crippen LogP contribution in [0.3, 0.4) is 0 Å².